The van der Waals surface area contributed by atoms with Gasteiger partial charge in [0.15, 0.2) is 0 Å². The highest BCUT2D eigenvalue weighted by atomic mass is 16.4. The Morgan fingerprint density at radius 3 is 2.00 bits per heavy atom. The van der Waals surface area contributed by atoms with Crippen molar-refractivity contribution in [3.63, 3.8) is 0 Å². The number of carboxylic acid groups (broad SMARTS) is 3. The Bertz CT molecular complexity index is 1230. The molecule has 1 aliphatic heterocycles. The molecule has 16 heteroatoms. The zero-order valence-electron chi connectivity index (χ0n) is 22.0. The van der Waals surface area contributed by atoms with Crippen LogP contribution in [-0.4, -0.2) is 85.4 Å². The van der Waals surface area contributed by atoms with Gasteiger partial charge in [-0.1, -0.05) is 29.4 Å². The Kier molecular flexibility index (Phi) is 12.2. The summed E-state index contributed by atoms with van der Waals surface area (Å²) in [4.78, 5) is 87.6. The van der Waals surface area contributed by atoms with E-state index in [9.17, 15) is 43.8 Å². The molecule has 1 aromatic rings. The lowest BCUT2D eigenvalue weighted by Crippen LogP contribution is -2.63. The minimum atomic E-state index is -1.89. The largest absolute Gasteiger partial charge is 0.481 e. The number of carboxylic acids is 3. The van der Waals surface area contributed by atoms with Crippen LogP contribution in [0.25, 0.3) is 10.4 Å². The number of hydrogen-bond acceptors (Lipinski definition) is 8. The quantitative estimate of drug-likeness (QED) is 0.0694. The van der Waals surface area contributed by atoms with Crippen molar-refractivity contribution >= 4 is 47.3 Å². The average molecular weight is 575 g/mol. The number of nitrogens with one attached hydrogen (secondary N) is 1. The third-order valence-electron chi connectivity index (χ3n) is 6.27. The third kappa shape index (κ3) is 9.61. The second-order valence-electron chi connectivity index (χ2n) is 9.18. The highest BCUT2D eigenvalue weighted by Crippen LogP contribution is 2.23. The molecule has 0 unspecified atom stereocenters. The summed E-state index contributed by atoms with van der Waals surface area (Å²) in [6.45, 7) is 0.203. The molecule has 2 rings (SSSR count). The number of aryl methyl sites for hydroxylation is 1. The summed E-state index contributed by atoms with van der Waals surface area (Å²) >= 11 is 0. The monoisotopic (exact) mass is 574 g/mol. The molecule has 0 radical (unpaired) electrons. The van der Waals surface area contributed by atoms with Gasteiger partial charge in [-0.3, -0.25) is 19.2 Å². The molecule has 2 atom stereocenters. The maximum absolute atomic E-state index is 13.0. The number of azide groups is 1. The van der Waals surface area contributed by atoms with Gasteiger partial charge in [-0.15, -0.1) is 0 Å². The summed E-state index contributed by atoms with van der Waals surface area (Å²) in [5, 5.41) is 34.2. The van der Waals surface area contributed by atoms with E-state index < -0.39 is 67.1 Å². The van der Waals surface area contributed by atoms with Crippen molar-refractivity contribution in [2.75, 3.05) is 6.54 Å². The zero-order valence-corrected chi connectivity index (χ0v) is 22.0. The number of nitrogens with zero attached hydrogens (tertiary/aromatic N) is 5. The molecule has 0 bridgehead atoms. The zero-order chi connectivity index (χ0) is 30.5. The molecule has 1 aliphatic rings. The van der Waals surface area contributed by atoms with Crippen molar-refractivity contribution in [1.82, 2.24) is 15.1 Å². The Balaban J connectivity index is 1.87. The first-order valence-electron chi connectivity index (χ1n) is 12.7. The van der Waals surface area contributed by atoms with Crippen LogP contribution in [0.2, 0.25) is 0 Å². The average Bonchev–Trinajstić information content (AvgIpc) is 2.89. The van der Waals surface area contributed by atoms with Crippen molar-refractivity contribution in [3.05, 3.63) is 40.3 Å². The number of unbranched alkanes of at least 4 members (excludes halogenated alkanes) is 1. The summed E-state index contributed by atoms with van der Waals surface area (Å²) in [5.41, 5.74) is 9.88. The van der Waals surface area contributed by atoms with E-state index in [0.29, 0.717) is 29.8 Å². The maximum atomic E-state index is 13.0. The van der Waals surface area contributed by atoms with Crippen LogP contribution in [0.5, 0.6) is 0 Å². The highest BCUT2D eigenvalue weighted by Gasteiger charge is 2.48. The summed E-state index contributed by atoms with van der Waals surface area (Å²) in [5.74, 6) is -7.07. The SMILES string of the molecule is [N-]=[N+]=Nc1ccc(CCCC(=O)NCCCC[C@@H](C(=O)O)N2C(=O)CC(=O)N([C@@H](CCC(=O)O)C(=O)O)C2=O)cc1. The minimum absolute atomic E-state index is 0.168. The van der Waals surface area contributed by atoms with Gasteiger partial charge < -0.3 is 20.6 Å². The number of hydrogen-bond donors (Lipinski definition) is 4. The molecule has 0 spiro atoms. The number of urea groups is 1. The Morgan fingerprint density at radius 2 is 1.46 bits per heavy atom. The van der Waals surface area contributed by atoms with Crippen molar-refractivity contribution < 1.29 is 48.9 Å². The fourth-order valence-electron chi connectivity index (χ4n) is 4.24. The minimum Gasteiger partial charge on any atom is -0.481 e. The molecule has 4 N–H and O–H groups in total. The molecule has 220 valence electrons. The lowest BCUT2D eigenvalue weighted by Gasteiger charge is -2.38. The van der Waals surface area contributed by atoms with Crippen LogP contribution in [0.4, 0.5) is 10.5 Å². The Labute approximate surface area is 233 Å². The van der Waals surface area contributed by atoms with E-state index in [1.165, 1.54) is 0 Å². The van der Waals surface area contributed by atoms with Gasteiger partial charge in [0.1, 0.15) is 18.5 Å². The first kappa shape index (κ1) is 32.2. The lowest BCUT2D eigenvalue weighted by molar-refractivity contribution is -0.158. The van der Waals surface area contributed by atoms with Gasteiger partial charge in [0, 0.05) is 30.0 Å². The van der Waals surface area contributed by atoms with E-state index in [-0.39, 0.29) is 36.6 Å². The van der Waals surface area contributed by atoms with Gasteiger partial charge in [-0.2, -0.15) is 0 Å². The maximum Gasteiger partial charge on any atom is 0.335 e. The second kappa shape index (κ2) is 15.6. The first-order chi connectivity index (χ1) is 19.5. The van der Waals surface area contributed by atoms with E-state index in [1.807, 2.05) is 0 Å². The van der Waals surface area contributed by atoms with E-state index in [1.54, 1.807) is 24.3 Å². The van der Waals surface area contributed by atoms with Crippen molar-refractivity contribution in [1.29, 1.82) is 0 Å². The third-order valence-corrected chi connectivity index (χ3v) is 6.27. The number of rotatable bonds is 17. The molecular formula is C25H30N6O10. The van der Waals surface area contributed by atoms with Crippen molar-refractivity contribution in [2.24, 2.45) is 5.11 Å². The van der Waals surface area contributed by atoms with Crippen LogP contribution < -0.4 is 5.32 Å². The van der Waals surface area contributed by atoms with Gasteiger partial charge in [-0.05, 0) is 49.6 Å². The standard InChI is InChI=1S/C25H30N6O10/c26-29-28-16-9-7-15(8-10-16)4-3-6-19(32)27-13-2-1-5-17(23(37)38)30-20(33)14-21(34)31(25(30)41)18(24(39)40)11-12-22(35)36/h7-10,17-18H,1-6,11-14H2,(H,27,32)(H,35,36)(H,37,38)(H,39,40)/t17-,18-/m0/s1. The van der Waals surface area contributed by atoms with Crippen LogP contribution in [0.3, 0.4) is 0 Å². The Hall–Kier alpha value is -4.98. The Morgan fingerprint density at radius 1 is 0.878 bits per heavy atom. The molecule has 0 saturated carbocycles. The van der Waals surface area contributed by atoms with Gasteiger partial charge >= 0.3 is 23.9 Å². The van der Waals surface area contributed by atoms with E-state index in [2.05, 4.69) is 15.3 Å². The molecule has 16 nitrogen and oxygen atoms in total. The summed E-state index contributed by atoms with van der Waals surface area (Å²) in [6, 6.07) is 1.92. The van der Waals surface area contributed by atoms with Crippen LogP contribution in [0, 0.1) is 0 Å². The number of carbonyl (C=O) groups is 7. The molecule has 1 heterocycles. The normalized spacial score (nSPS) is 14.7. The van der Waals surface area contributed by atoms with Crippen LogP contribution in [0.1, 0.15) is 56.9 Å². The van der Waals surface area contributed by atoms with Crippen LogP contribution in [0.15, 0.2) is 29.4 Å². The number of barbiturate groups is 1. The van der Waals surface area contributed by atoms with Gasteiger partial charge in [0.25, 0.3) is 0 Å². The molecule has 0 aromatic heterocycles. The number of imide groups is 2. The molecule has 0 aliphatic carbocycles. The molecule has 5 amide bonds. The number of amides is 5. The highest BCUT2D eigenvalue weighted by molar-refractivity contribution is 6.16. The van der Waals surface area contributed by atoms with Crippen LogP contribution >= 0.6 is 0 Å². The first-order valence-corrected chi connectivity index (χ1v) is 12.7. The summed E-state index contributed by atoms with van der Waals surface area (Å²) in [6.07, 6.45) is -0.556. The second-order valence-corrected chi connectivity index (χ2v) is 9.18. The molecule has 41 heavy (non-hydrogen) atoms. The topological polar surface area (TPSA) is 247 Å². The van der Waals surface area contributed by atoms with Gasteiger partial charge in [-0.25, -0.2) is 24.2 Å². The van der Waals surface area contributed by atoms with Crippen molar-refractivity contribution in [3.8, 4) is 0 Å². The fraction of sp³-hybridized carbons (Fsp3) is 0.480. The molecule has 1 aromatic carbocycles. The predicted molar refractivity (Wildman–Crippen MR) is 138 cm³/mol. The van der Waals surface area contributed by atoms with Gasteiger partial charge in [0.2, 0.25) is 17.7 Å². The lowest BCUT2D eigenvalue weighted by atomic mass is 10.0. The van der Waals surface area contributed by atoms with Crippen LogP contribution in [-0.2, 0) is 35.2 Å². The molecular weight excluding hydrogens is 544 g/mol. The summed E-state index contributed by atoms with van der Waals surface area (Å²) in [7, 11) is 0. The smallest absolute Gasteiger partial charge is 0.335 e. The predicted octanol–water partition coefficient (Wildman–Crippen LogP) is 2.19. The number of carbonyl (C=O) groups excluding carboxylic acids is 4. The molecule has 1 saturated heterocycles. The molecule has 1 fully saturated rings. The van der Waals surface area contributed by atoms with E-state index >= 15 is 0 Å². The van der Waals surface area contributed by atoms with Crippen molar-refractivity contribution in [2.45, 2.75) is 69.9 Å². The number of benzene rings is 1. The van der Waals surface area contributed by atoms with Gasteiger partial charge in [0.05, 0.1) is 0 Å². The summed E-state index contributed by atoms with van der Waals surface area (Å²) < 4.78 is 0. The fourth-order valence-corrected chi connectivity index (χ4v) is 4.24. The number of aliphatic carboxylic acids is 3. The van der Waals surface area contributed by atoms with E-state index in [4.69, 9.17) is 10.6 Å². The van der Waals surface area contributed by atoms with E-state index in [0.717, 1.165) is 5.56 Å².